The lowest BCUT2D eigenvalue weighted by Gasteiger charge is -2.33. The van der Waals surface area contributed by atoms with Crippen LogP contribution in [0.4, 0.5) is 16.2 Å². The van der Waals surface area contributed by atoms with E-state index in [-0.39, 0.29) is 0 Å². The van der Waals surface area contributed by atoms with E-state index in [0.717, 1.165) is 24.5 Å². The predicted octanol–water partition coefficient (Wildman–Crippen LogP) is 3.94. The number of amides is 2. The van der Waals surface area contributed by atoms with Crippen LogP contribution in [-0.4, -0.2) is 43.3 Å². The lowest BCUT2D eigenvalue weighted by atomic mass is 10.2. The van der Waals surface area contributed by atoms with E-state index in [0.29, 0.717) is 0 Å². The van der Waals surface area contributed by atoms with Crippen molar-refractivity contribution >= 4 is 40.8 Å². The maximum absolute atomic E-state index is 9.23. The minimum atomic E-state index is -0.940. The number of rotatable bonds is 4. The molecule has 0 fully saturated rings. The smallest absolute Gasteiger partial charge is 0.335 e. The quantitative estimate of drug-likeness (QED) is 0.540. The molecule has 0 spiro atoms. The van der Waals surface area contributed by atoms with Gasteiger partial charge in [0.1, 0.15) is 0 Å². The summed E-state index contributed by atoms with van der Waals surface area (Å²) in [4.78, 5) is 16.5. The Morgan fingerprint density at radius 2 is 1.88 bits per heavy atom. The molecular weight excluding hydrogens is 372 g/mol. The molecule has 0 radical (unpaired) electrons. The second-order valence-corrected chi connectivity index (χ2v) is 7.49. The standard InChI is InChI=1S/C17H19ClN2S.CH4N2O2/c1-19(2)10-5-11-20-14-6-3-4-7-16(14)21-17-9-8-13(18)12-15(17)20;2-1(4)3-5/h3-4,6-9,12H,5,10-11H2,1-2H3;5H,(H3,2,3,4). The molecule has 0 bridgehead atoms. The molecule has 2 aromatic rings. The van der Waals surface area contributed by atoms with Crippen LogP contribution in [0.15, 0.2) is 52.3 Å². The molecule has 4 N–H and O–H groups in total. The summed E-state index contributed by atoms with van der Waals surface area (Å²) >= 11 is 8.03. The van der Waals surface area contributed by atoms with E-state index in [4.69, 9.17) is 16.8 Å². The summed E-state index contributed by atoms with van der Waals surface area (Å²) in [7, 11) is 4.23. The second-order valence-electron chi connectivity index (χ2n) is 5.97. The molecule has 140 valence electrons. The van der Waals surface area contributed by atoms with Crippen molar-refractivity contribution in [1.82, 2.24) is 10.4 Å². The normalized spacial score (nSPS) is 12.0. The Kier molecular flexibility index (Phi) is 7.59. The highest BCUT2D eigenvalue weighted by Crippen LogP contribution is 2.48. The minimum Gasteiger partial charge on any atom is -0.350 e. The van der Waals surface area contributed by atoms with Crippen LogP contribution in [0.25, 0.3) is 0 Å². The predicted molar refractivity (Wildman–Crippen MR) is 107 cm³/mol. The number of hydrogen-bond donors (Lipinski definition) is 3. The fourth-order valence-electron chi connectivity index (χ4n) is 2.59. The second kappa shape index (κ2) is 9.68. The van der Waals surface area contributed by atoms with Crippen LogP contribution in [0.1, 0.15) is 6.42 Å². The van der Waals surface area contributed by atoms with E-state index in [2.05, 4.69) is 66.0 Å². The molecule has 8 heteroatoms. The van der Waals surface area contributed by atoms with Gasteiger partial charge in [-0.1, -0.05) is 35.5 Å². The van der Waals surface area contributed by atoms with Gasteiger partial charge in [-0.15, -0.1) is 0 Å². The van der Waals surface area contributed by atoms with Crippen LogP contribution in [0.5, 0.6) is 0 Å². The average molecular weight is 395 g/mol. The summed E-state index contributed by atoms with van der Waals surface area (Å²) in [5.41, 5.74) is 7.97. The van der Waals surface area contributed by atoms with Gasteiger partial charge in [0, 0.05) is 21.4 Å². The molecule has 1 aliphatic rings. The molecule has 3 rings (SSSR count). The molecule has 2 amide bonds. The van der Waals surface area contributed by atoms with E-state index < -0.39 is 6.03 Å². The van der Waals surface area contributed by atoms with Gasteiger partial charge in [0.05, 0.1) is 11.4 Å². The molecule has 0 aliphatic carbocycles. The monoisotopic (exact) mass is 394 g/mol. The van der Waals surface area contributed by atoms with Gasteiger partial charge in [-0.3, -0.25) is 5.21 Å². The molecule has 0 saturated heterocycles. The first-order valence-corrected chi connectivity index (χ1v) is 9.30. The first kappa shape index (κ1) is 20.4. The van der Waals surface area contributed by atoms with Crippen LogP contribution in [0.2, 0.25) is 5.02 Å². The third-order valence-corrected chi connectivity index (χ3v) is 5.05. The van der Waals surface area contributed by atoms with Gasteiger partial charge in [-0.05, 0) is 57.4 Å². The molecule has 2 aromatic carbocycles. The van der Waals surface area contributed by atoms with E-state index in [1.807, 2.05) is 17.8 Å². The van der Waals surface area contributed by atoms with Crippen molar-refractivity contribution in [3.8, 4) is 0 Å². The van der Waals surface area contributed by atoms with Crippen molar-refractivity contribution in [1.29, 1.82) is 0 Å². The van der Waals surface area contributed by atoms with Crippen LogP contribution >= 0.6 is 23.4 Å². The number of carbonyl (C=O) groups excluding carboxylic acids is 1. The number of halogens is 1. The number of nitrogens with one attached hydrogen (secondary N) is 1. The Labute approximate surface area is 162 Å². The third-order valence-electron chi connectivity index (χ3n) is 3.68. The van der Waals surface area contributed by atoms with Gasteiger partial charge in [0.2, 0.25) is 0 Å². The van der Waals surface area contributed by atoms with Crippen molar-refractivity contribution in [3.63, 3.8) is 0 Å². The number of fused-ring (bicyclic) bond motifs is 2. The first-order chi connectivity index (χ1) is 12.4. The van der Waals surface area contributed by atoms with Crippen molar-refractivity contribution in [3.05, 3.63) is 47.5 Å². The Morgan fingerprint density at radius 1 is 1.23 bits per heavy atom. The number of hydrogen-bond acceptors (Lipinski definition) is 5. The van der Waals surface area contributed by atoms with Crippen LogP contribution in [0, 0.1) is 0 Å². The number of hydroxylamine groups is 1. The number of nitrogens with two attached hydrogens (primary N) is 1. The summed E-state index contributed by atoms with van der Waals surface area (Å²) in [6, 6.07) is 13.8. The summed E-state index contributed by atoms with van der Waals surface area (Å²) < 4.78 is 0. The van der Waals surface area contributed by atoms with Crippen molar-refractivity contribution < 1.29 is 10.0 Å². The fourth-order valence-corrected chi connectivity index (χ4v) is 3.83. The maximum Gasteiger partial charge on any atom is 0.335 e. The van der Waals surface area contributed by atoms with Crippen molar-refractivity contribution in [2.45, 2.75) is 16.2 Å². The van der Waals surface area contributed by atoms with E-state index in [1.54, 1.807) is 0 Å². The SMILES string of the molecule is CN(C)CCCN1c2ccccc2Sc2ccc(Cl)cc21.NC(=O)NO. The number of anilines is 2. The van der Waals surface area contributed by atoms with Gasteiger partial charge in [0.25, 0.3) is 0 Å². The van der Waals surface area contributed by atoms with Gasteiger partial charge in [-0.25, -0.2) is 10.3 Å². The fraction of sp³-hybridized carbons (Fsp3) is 0.278. The van der Waals surface area contributed by atoms with Gasteiger partial charge in [0.15, 0.2) is 0 Å². The molecular formula is C18H23ClN4O2S. The van der Waals surface area contributed by atoms with Gasteiger partial charge >= 0.3 is 6.03 Å². The zero-order valence-electron chi connectivity index (χ0n) is 14.8. The Bertz CT molecular complexity index is 758. The van der Waals surface area contributed by atoms with Crippen LogP contribution in [0.3, 0.4) is 0 Å². The first-order valence-electron chi connectivity index (χ1n) is 8.10. The molecule has 1 heterocycles. The highest BCUT2D eigenvalue weighted by atomic mass is 35.5. The molecule has 0 atom stereocenters. The summed E-state index contributed by atoms with van der Waals surface area (Å²) in [6.07, 6.45) is 1.12. The molecule has 0 aromatic heterocycles. The highest BCUT2D eigenvalue weighted by Gasteiger charge is 2.22. The third kappa shape index (κ3) is 5.54. The Hall–Kier alpha value is -1.93. The van der Waals surface area contributed by atoms with Crippen molar-refractivity contribution in [2.24, 2.45) is 5.73 Å². The van der Waals surface area contributed by atoms with Gasteiger partial charge < -0.3 is 15.5 Å². The lowest BCUT2D eigenvalue weighted by molar-refractivity contribution is 0.169. The lowest BCUT2D eigenvalue weighted by Crippen LogP contribution is -2.25. The zero-order chi connectivity index (χ0) is 19.1. The van der Waals surface area contributed by atoms with Crippen LogP contribution in [-0.2, 0) is 0 Å². The van der Waals surface area contributed by atoms with E-state index in [1.165, 1.54) is 26.6 Å². The summed E-state index contributed by atoms with van der Waals surface area (Å²) in [5, 5.41) is 8.22. The minimum absolute atomic E-state index is 0.798. The molecule has 0 unspecified atom stereocenters. The Morgan fingerprint density at radius 3 is 2.54 bits per heavy atom. The molecule has 0 saturated carbocycles. The number of benzene rings is 2. The zero-order valence-corrected chi connectivity index (χ0v) is 16.3. The van der Waals surface area contributed by atoms with E-state index in [9.17, 15) is 4.79 Å². The van der Waals surface area contributed by atoms with Gasteiger partial charge in [-0.2, -0.15) is 0 Å². The van der Waals surface area contributed by atoms with Crippen molar-refractivity contribution in [2.75, 3.05) is 32.1 Å². The number of carbonyl (C=O) groups is 1. The Balaban J connectivity index is 0.000000431. The number of para-hydroxylation sites is 1. The number of nitrogens with zero attached hydrogens (tertiary/aromatic N) is 2. The molecule has 6 nitrogen and oxygen atoms in total. The molecule has 26 heavy (non-hydrogen) atoms. The summed E-state index contributed by atoms with van der Waals surface area (Å²) in [5.74, 6) is 0. The highest BCUT2D eigenvalue weighted by molar-refractivity contribution is 7.99. The number of primary amides is 1. The topological polar surface area (TPSA) is 81.8 Å². The molecule has 1 aliphatic heterocycles. The summed E-state index contributed by atoms with van der Waals surface area (Å²) in [6.45, 7) is 2.09. The average Bonchev–Trinajstić information content (AvgIpc) is 2.61. The maximum atomic E-state index is 9.23. The van der Waals surface area contributed by atoms with Crippen LogP contribution < -0.4 is 16.1 Å². The van der Waals surface area contributed by atoms with E-state index >= 15 is 0 Å². The number of urea groups is 1. The largest absolute Gasteiger partial charge is 0.350 e.